The number of hydrogen-bond donors (Lipinski definition) is 0. The van der Waals surface area contributed by atoms with Crippen LogP contribution in [0.4, 0.5) is 8.78 Å². The first kappa shape index (κ1) is 24.9. The third kappa shape index (κ3) is 5.53. The minimum atomic E-state index is -0.607. The number of hydrogen-bond acceptors (Lipinski definition) is 4. The van der Waals surface area contributed by atoms with Crippen molar-refractivity contribution in [1.29, 1.82) is 0 Å². The molecule has 2 atom stereocenters. The van der Waals surface area contributed by atoms with Gasteiger partial charge in [0.05, 0.1) is 11.6 Å². The Morgan fingerprint density at radius 1 is 1.14 bits per heavy atom. The summed E-state index contributed by atoms with van der Waals surface area (Å²) in [4.78, 5) is 31.2. The van der Waals surface area contributed by atoms with Gasteiger partial charge < -0.3 is 14.5 Å². The number of nitrogens with zero attached hydrogens (tertiary/aromatic N) is 2. The summed E-state index contributed by atoms with van der Waals surface area (Å²) < 4.78 is 33.6. The van der Waals surface area contributed by atoms with Crippen molar-refractivity contribution in [1.82, 2.24) is 9.80 Å². The average Bonchev–Trinajstić information content (AvgIpc) is 3.35. The van der Waals surface area contributed by atoms with Crippen LogP contribution in [-0.2, 0) is 11.2 Å². The average molecular weight is 499 g/mol. The summed E-state index contributed by atoms with van der Waals surface area (Å²) >= 11 is 1.64. The van der Waals surface area contributed by atoms with Crippen LogP contribution in [0.5, 0.6) is 5.75 Å². The van der Waals surface area contributed by atoms with E-state index in [2.05, 4.69) is 0 Å². The predicted molar refractivity (Wildman–Crippen MR) is 132 cm³/mol. The Balaban J connectivity index is 1.55. The SMILES string of the molecule is CCC(C)N(CC(=O)N1CCc2sccc2C1COc1ccc(F)cc1)C(=O)c1ccccc1F. The Morgan fingerprint density at radius 2 is 1.89 bits per heavy atom. The molecule has 0 spiro atoms. The highest BCUT2D eigenvalue weighted by Crippen LogP contribution is 2.34. The Labute approximate surface area is 207 Å². The highest BCUT2D eigenvalue weighted by atomic mass is 32.1. The van der Waals surface area contributed by atoms with Gasteiger partial charge in [-0.1, -0.05) is 19.1 Å². The minimum absolute atomic E-state index is 0.0458. The van der Waals surface area contributed by atoms with E-state index >= 15 is 0 Å². The maximum absolute atomic E-state index is 14.4. The molecule has 0 fully saturated rings. The molecule has 1 aromatic heterocycles. The van der Waals surface area contributed by atoms with Crippen molar-refractivity contribution < 1.29 is 23.1 Å². The van der Waals surface area contributed by atoms with Gasteiger partial charge in [-0.15, -0.1) is 11.3 Å². The summed E-state index contributed by atoms with van der Waals surface area (Å²) in [6.07, 6.45) is 1.34. The summed E-state index contributed by atoms with van der Waals surface area (Å²) in [6, 6.07) is 13.0. The Kier molecular flexibility index (Phi) is 7.80. The van der Waals surface area contributed by atoms with Gasteiger partial charge in [-0.25, -0.2) is 8.78 Å². The number of benzene rings is 2. The molecule has 2 amide bonds. The lowest BCUT2D eigenvalue weighted by Crippen LogP contribution is -2.50. The molecule has 8 heteroatoms. The Bertz CT molecular complexity index is 1180. The van der Waals surface area contributed by atoms with Crippen LogP contribution in [-0.4, -0.2) is 47.4 Å². The molecule has 2 heterocycles. The van der Waals surface area contributed by atoms with Gasteiger partial charge in [0, 0.05) is 17.5 Å². The molecule has 0 aliphatic carbocycles. The fraction of sp³-hybridized carbons (Fsp3) is 0.333. The molecule has 4 rings (SSSR count). The summed E-state index contributed by atoms with van der Waals surface area (Å²) in [5.74, 6) is -1.17. The second-order valence-corrected chi connectivity index (χ2v) is 9.59. The van der Waals surface area contributed by atoms with Crippen LogP contribution >= 0.6 is 11.3 Å². The standard InChI is InChI=1S/C27H28F2N2O3S/c1-3-18(2)31(27(33)21-6-4-5-7-23(21)29)16-26(32)30-14-12-25-22(13-15-35-25)24(30)17-34-20-10-8-19(28)9-11-20/h4-11,13,15,18,24H,3,12,14,16-17H2,1-2H3. The number of carbonyl (C=O) groups is 2. The molecule has 1 aliphatic rings. The van der Waals surface area contributed by atoms with Crippen LogP contribution in [0.15, 0.2) is 60.0 Å². The van der Waals surface area contributed by atoms with Crippen LogP contribution in [0.1, 0.15) is 47.1 Å². The molecule has 0 N–H and O–H groups in total. The van der Waals surface area contributed by atoms with E-state index in [-0.39, 0.29) is 42.5 Å². The molecule has 2 aromatic carbocycles. The van der Waals surface area contributed by atoms with E-state index in [9.17, 15) is 18.4 Å². The fourth-order valence-electron chi connectivity index (χ4n) is 4.25. The van der Waals surface area contributed by atoms with E-state index in [0.29, 0.717) is 18.7 Å². The van der Waals surface area contributed by atoms with Crippen molar-refractivity contribution in [3.8, 4) is 5.75 Å². The Morgan fingerprint density at radius 3 is 2.60 bits per heavy atom. The molecule has 35 heavy (non-hydrogen) atoms. The van der Waals surface area contributed by atoms with Crippen molar-refractivity contribution in [3.05, 3.63) is 87.6 Å². The zero-order valence-electron chi connectivity index (χ0n) is 19.7. The fourth-order valence-corrected chi connectivity index (χ4v) is 5.18. The van der Waals surface area contributed by atoms with Crippen molar-refractivity contribution in [2.24, 2.45) is 0 Å². The largest absolute Gasteiger partial charge is 0.491 e. The summed E-state index contributed by atoms with van der Waals surface area (Å²) in [5.41, 5.74) is 0.975. The smallest absolute Gasteiger partial charge is 0.257 e. The van der Waals surface area contributed by atoms with Gasteiger partial charge in [0.25, 0.3) is 5.91 Å². The zero-order chi connectivity index (χ0) is 24.9. The highest BCUT2D eigenvalue weighted by Gasteiger charge is 2.34. The van der Waals surface area contributed by atoms with Gasteiger partial charge in [-0.3, -0.25) is 9.59 Å². The molecular weight excluding hydrogens is 470 g/mol. The molecule has 0 radical (unpaired) electrons. The predicted octanol–water partition coefficient (Wildman–Crippen LogP) is 5.47. The van der Waals surface area contributed by atoms with E-state index in [1.807, 2.05) is 25.3 Å². The maximum Gasteiger partial charge on any atom is 0.257 e. The number of amides is 2. The summed E-state index contributed by atoms with van der Waals surface area (Å²) in [6.45, 7) is 4.31. The van der Waals surface area contributed by atoms with Crippen molar-refractivity contribution in [2.45, 2.75) is 38.8 Å². The molecule has 3 aromatic rings. The lowest BCUT2D eigenvalue weighted by Gasteiger charge is -2.38. The topological polar surface area (TPSA) is 49.9 Å². The third-order valence-corrected chi connectivity index (χ3v) is 7.43. The number of carbonyl (C=O) groups excluding carboxylic acids is 2. The van der Waals surface area contributed by atoms with Gasteiger partial charge >= 0.3 is 0 Å². The summed E-state index contributed by atoms with van der Waals surface area (Å²) in [7, 11) is 0. The first-order chi connectivity index (χ1) is 16.9. The van der Waals surface area contributed by atoms with Crippen molar-refractivity contribution in [2.75, 3.05) is 19.7 Å². The van der Waals surface area contributed by atoms with Gasteiger partial charge in [-0.05, 0) is 73.2 Å². The second-order valence-electron chi connectivity index (χ2n) is 8.59. The lowest BCUT2D eigenvalue weighted by molar-refractivity contribution is -0.136. The first-order valence-electron chi connectivity index (χ1n) is 11.7. The molecule has 0 saturated carbocycles. The van der Waals surface area contributed by atoms with E-state index in [1.54, 1.807) is 34.4 Å². The highest BCUT2D eigenvalue weighted by molar-refractivity contribution is 7.10. The maximum atomic E-state index is 14.4. The van der Waals surface area contributed by atoms with Crippen LogP contribution in [0.3, 0.4) is 0 Å². The number of halogens is 2. The minimum Gasteiger partial charge on any atom is -0.491 e. The van der Waals surface area contributed by atoms with Gasteiger partial charge in [0.15, 0.2) is 0 Å². The number of ether oxygens (including phenoxy) is 1. The van der Waals surface area contributed by atoms with E-state index in [4.69, 9.17) is 4.74 Å². The van der Waals surface area contributed by atoms with Crippen molar-refractivity contribution >= 4 is 23.2 Å². The number of rotatable bonds is 8. The molecule has 2 unspecified atom stereocenters. The van der Waals surface area contributed by atoms with Gasteiger partial charge in [-0.2, -0.15) is 0 Å². The number of fused-ring (bicyclic) bond motifs is 1. The summed E-state index contributed by atoms with van der Waals surface area (Å²) in [5, 5.41) is 2.00. The van der Waals surface area contributed by atoms with Gasteiger partial charge in [0.1, 0.15) is 30.5 Å². The van der Waals surface area contributed by atoms with E-state index in [0.717, 1.165) is 12.0 Å². The number of thiophene rings is 1. The zero-order valence-corrected chi connectivity index (χ0v) is 20.6. The van der Waals surface area contributed by atoms with Crippen molar-refractivity contribution in [3.63, 3.8) is 0 Å². The van der Waals surface area contributed by atoms with Gasteiger partial charge in [0.2, 0.25) is 5.91 Å². The monoisotopic (exact) mass is 498 g/mol. The quantitative estimate of drug-likeness (QED) is 0.414. The van der Waals surface area contributed by atoms with E-state index < -0.39 is 11.7 Å². The molecule has 1 aliphatic heterocycles. The normalized spacial score (nSPS) is 15.9. The molecule has 0 saturated heterocycles. The molecular formula is C27H28F2N2O3S. The molecule has 5 nitrogen and oxygen atoms in total. The third-order valence-electron chi connectivity index (χ3n) is 6.43. The van der Waals surface area contributed by atoms with Crippen LogP contribution in [0, 0.1) is 11.6 Å². The first-order valence-corrected chi connectivity index (χ1v) is 12.6. The van der Waals surface area contributed by atoms with Crippen LogP contribution < -0.4 is 4.74 Å². The molecule has 184 valence electrons. The molecule has 0 bridgehead atoms. The van der Waals surface area contributed by atoms with Crippen LogP contribution in [0.25, 0.3) is 0 Å². The van der Waals surface area contributed by atoms with E-state index in [1.165, 1.54) is 40.1 Å². The lowest BCUT2D eigenvalue weighted by atomic mass is 10.00. The van der Waals surface area contributed by atoms with Crippen LogP contribution in [0.2, 0.25) is 0 Å². The Hall–Kier alpha value is -3.26. The second kappa shape index (κ2) is 11.0.